The van der Waals surface area contributed by atoms with Gasteiger partial charge in [-0.15, -0.1) is 0 Å². The van der Waals surface area contributed by atoms with Gasteiger partial charge in [0.25, 0.3) is 5.91 Å². The van der Waals surface area contributed by atoms with Crippen molar-refractivity contribution in [1.82, 2.24) is 4.90 Å². The highest BCUT2D eigenvalue weighted by Gasteiger charge is 2.35. The molecule has 120 valence electrons. The molecule has 1 aliphatic rings. The number of aliphatic carboxylic acids is 1. The SMILES string of the molecule is CC(Oc1ccc(Cl)cc1Cl)C(=O)N1CCOCC1C(=O)O. The maximum atomic E-state index is 12.4. The van der Waals surface area contributed by atoms with Crippen molar-refractivity contribution in [2.75, 3.05) is 19.8 Å². The van der Waals surface area contributed by atoms with Crippen LogP contribution < -0.4 is 4.74 Å². The first kappa shape index (κ1) is 16.9. The third-order valence-corrected chi connectivity index (χ3v) is 3.77. The quantitative estimate of drug-likeness (QED) is 0.902. The lowest BCUT2D eigenvalue weighted by molar-refractivity contribution is -0.161. The number of nitrogens with zero attached hydrogens (tertiary/aromatic N) is 1. The maximum Gasteiger partial charge on any atom is 0.328 e. The number of carboxylic acid groups (broad SMARTS) is 1. The highest BCUT2D eigenvalue weighted by molar-refractivity contribution is 6.35. The predicted octanol–water partition coefficient (Wildman–Crippen LogP) is 2.07. The van der Waals surface area contributed by atoms with Crippen molar-refractivity contribution < 1.29 is 24.2 Å². The molecule has 22 heavy (non-hydrogen) atoms. The van der Waals surface area contributed by atoms with Crippen LogP contribution in [0, 0.1) is 0 Å². The number of hydrogen-bond donors (Lipinski definition) is 1. The van der Waals surface area contributed by atoms with Gasteiger partial charge in [-0.3, -0.25) is 4.79 Å². The molecule has 2 atom stereocenters. The monoisotopic (exact) mass is 347 g/mol. The van der Waals surface area contributed by atoms with Crippen LogP contribution in [0.5, 0.6) is 5.75 Å². The summed E-state index contributed by atoms with van der Waals surface area (Å²) in [6.45, 7) is 2.01. The highest BCUT2D eigenvalue weighted by Crippen LogP contribution is 2.28. The summed E-state index contributed by atoms with van der Waals surface area (Å²) in [7, 11) is 0. The van der Waals surface area contributed by atoms with E-state index in [0.717, 1.165) is 0 Å². The molecule has 1 aliphatic heterocycles. The summed E-state index contributed by atoms with van der Waals surface area (Å²) in [5, 5.41) is 9.89. The largest absolute Gasteiger partial charge is 0.480 e. The summed E-state index contributed by atoms with van der Waals surface area (Å²) in [4.78, 5) is 24.8. The van der Waals surface area contributed by atoms with Crippen LogP contribution in [0.4, 0.5) is 0 Å². The fourth-order valence-corrected chi connectivity index (χ4v) is 2.57. The standard InChI is InChI=1S/C14H15Cl2NO5/c1-8(22-12-3-2-9(15)6-10(12)16)13(18)17-4-5-21-7-11(17)14(19)20/h2-3,6,8,11H,4-5,7H2,1H3,(H,19,20). The third kappa shape index (κ3) is 3.82. The molecule has 1 amide bonds. The minimum Gasteiger partial charge on any atom is -0.480 e. The maximum absolute atomic E-state index is 12.4. The molecule has 8 heteroatoms. The van der Waals surface area contributed by atoms with Gasteiger partial charge >= 0.3 is 5.97 Å². The molecule has 0 spiro atoms. The lowest BCUT2D eigenvalue weighted by Crippen LogP contribution is -2.55. The molecule has 0 radical (unpaired) electrons. The normalized spacial score (nSPS) is 19.6. The van der Waals surface area contributed by atoms with Gasteiger partial charge in [0.15, 0.2) is 12.1 Å². The second-order valence-corrected chi connectivity index (χ2v) is 5.64. The number of morpholine rings is 1. The molecular formula is C14H15Cl2NO5. The topological polar surface area (TPSA) is 76.1 Å². The van der Waals surface area contributed by atoms with Gasteiger partial charge in [-0.25, -0.2) is 4.79 Å². The van der Waals surface area contributed by atoms with Crippen molar-refractivity contribution in [3.63, 3.8) is 0 Å². The molecule has 1 aromatic rings. The third-order valence-electron chi connectivity index (χ3n) is 3.24. The van der Waals surface area contributed by atoms with E-state index in [4.69, 9.17) is 37.8 Å². The molecule has 1 heterocycles. The zero-order valence-electron chi connectivity index (χ0n) is 11.8. The van der Waals surface area contributed by atoms with E-state index in [9.17, 15) is 9.59 Å². The van der Waals surface area contributed by atoms with Crippen LogP contribution in [0.2, 0.25) is 10.0 Å². The van der Waals surface area contributed by atoms with E-state index in [-0.39, 0.29) is 18.2 Å². The van der Waals surface area contributed by atoms with Crippen molar-refractivity contribution in [3.05, 3.63) is 28.2 Å². The Labute approximate surface area is 137 Å². The summed E-state index contributed by atoms with van der Waals surface area (Å²) < 4.78 is 10.6. The molecule has 2 rings (SSSR count). The van der Waals surface area contributed by atoms with Gasteiger partial charge in [0, 0.05) is 11.6 Å². The van der Waals surface area contributed by atoms with Gasteiger partial charge in [-0.2, -0.15) is 0 Å². The second-order valence-electron chi connectivity index (χ2n) is 4.80. The Balaban J connectivity index is 2.09. The van der Waals surface area contributed by atoms with Gasteiger partial charge in [0.2, 0.25) is 0 Å². The highest BCUT2D eigenvalue weighted by atomic mass is 35.5. The van der Waals surface area contributed by atoms with Crippen molar-refractivity contribution >= 4 is 35.1 Å². The van der Waals surface area contributed by atoms with E-state index in [1.54, 1.807) is 19.1 Å². The Morgan fingerprint density at radius 3 is 2.82 bits per heavy atom. The van der Waals surface area contributed by atoms with E-state index in [1.807, 2.05) is 0 Å². The first-order chi connectivity index (χ1) is 10.4. The van der Waals surface area contributed by atoms with Gasteiger partial charge < -0.3 is 19.5 Å². The van der Waals surface area contributed by atoms with E-state index in [2.05, 4.69) is 0 Å². The van der Waals surface area contributed by atoms with Gasteiger partial charge in [-0.05, 0) is 25.1 Å². The van der Waals surface area contributed by atoms with Crippen molar-refractivity contribution in [2.45, 2.75) is 19.1 Å². The van der Waals surface area contributed by atoms with E-state index < -0.39 is 24.0 Å². The summed E-state index contributed by atoms with van der Waals surface area (Å²) in [6.07, 6.45) is -0.876. The number of carbonyl (C=O) groups excluding carboxylic acids is 1. The number of carboxylic acids is 1. The Bertz CT molecular complexity index is 580. The zero-order chi connectivity index (χ0) is 16.3. The minimum absolute atomic E-state index is 0.0322. The average molecular weight is 348 g/mol. The van der Waals surface area contributed by atoms with Gasteiger partial charge in [0.05, 0.1) is 18.2 Å². The van der Waals surface area contributed by atoms with Crippen LogP contribution in [0.25, 0.3) is 0 Å². The number of rotatable bonds is 4. The number of amides is 1. The van der Waals surface area contributed by atoms with Crippen molar-refractivity contribution in [2.24, 2.45) is 0 Å². The number of benzene rings is 1. The minimum atomic E-state index is -1.11. The Morgan fingerprint density at radius 1 is 1.45 bits per heavy atom. The number of carbonyl (C=O) groups is 2. The van der Waals surface area contributed by atoms with Crippen LogP contribution in [0.1, 0.15) is 6.92 Å². The van der Waals surface area contributed by atoms with Gasteiger partial charge in [-0.1, -0.05) is 23.2 Å². The molecule has 1 saturated heterocycles. The molecule has 1 aromatic carbocycles. The smallest absolute Gasteiger partial charge is 0.328 e. The first-order valence-corrected chi connectivity index (χ1v) is 7.38. The van der Waals surface area contributed by atoms with Crippen LogP contribution >= 0.6 is 23.2 Å². The number of halogens is 2. The Hall–Kier alpha value is -1.50. The lowest BCUT2D eigenvalue weighted by atomic mass is 10.2. The summed E-state index contributed by atoms with van der Waals surface area (Å²) in [6, 6.07) is 3.65. The summed E-state index contributed by atoms with van der Waals surface area (Å²) in [5.41, 5.74) is 0. The molecular weight excluding hydrogens is 333 g/mol. The first-order valence-electron chi connectivity index (χ1n) is 6.63. The Kier molecular flexibility index (Phi) is 5.50. The fraction of sp³-hybridized carbons (Fsp3) is 0.429. The lowest BCUT2D eigenvalue weighted by Gasteiger charge is -2.34. The predicted molar refractivity (Wildman–Crippen MR) is 80.5 cm³/mol. The average Bonchev–Trinajstić information content (AvgIpc) is 2.49. The fourth-order valence-electron chi connectivity index (χ4n) is 2.12. The van der Waals surface area contributed by atoms with Crippen molar-refractivity contribution in [1.29, 1.82) is 0 Å². The molecule has 0 aromatic heterocycles. The molecule has 0 saturated carbocycles. The Morgan fingerprint density at radius 2 is 2.18 bits per heavy atom. The molecule has 0 bridgehead atoms. The summed E-state index contributed by atoms with van der Waals surface area (Å²) in [5.74, 6) is -1.22. The van der Waals surface area contributed by atoms with Gasteiger partial charge in [0.1, 0.15) is 5.75 Å². The number of ether oxygens (including phenoxy) is 2. The molecule has 1 N–H and O–H groups in total. The second kappa shape index (κ2) is 7.17. The van der Waals surface area contributed by atoms with E-state index in [0.29, 0.717) is 17.4 Å². The molecule has 1 fully saturated rings. The number of hydrogen-bond acceptors (Lipinski definition) is 4. The van der Waals surface area contributed by atoms with Crippen LogP contribution in [0.15, 0.2) is 18.2 Å². The van der Waals surface area contributed by atoms with Crippen LogP contribution in [0.3, 0.4) is 0 Å². The molecule has 2 unspecified atom stereocenters. The molecule has 0 aliphatic carbocycles. The van der Waals surface area contributed by atoms with E-state index >= 15 is 0 Å². The van der Waals surface area contributed by atoms with Crippen molar-refractivity contribution in [3.8, 4) is 5.75 Å². The molecule has 6 nitrogen and oxygen atoms in total. The summed E-state index contributed by atoms with van der Waals surface area (Å²) >= 11 is 11.8. The van der Waals surface area contributed by atoms with E-state index in [1.165, 1.54) is 11.0 Å². The zero-order valence-corrected chi connectivity index (χ0v) is 13.3. The van der Waals surface area contributed by atoms with Crippen LogP contribution in [-0.4, -0.2) is 53.8 Å². The van der Waals surface area contributed by atoms with Crippen LogP contribution in [-0.2, 0) is 14.3 Å².